The Hall–Kier alpha value is -1.34. The number of hydrogen-bond donors (Lipinski definition) is 1. The fourth-order valence-electron chi connectivity index (χ4n) is 2.90. The number of nitrogens with one attached hydrogen (secondary N) is 1. The van der Waals surface area contributed by atoms with Gasteiger partial charge in [-0.3, -0.25) is 4.79 Å². The van der Waals surface area contributed by atoms with Crippen LogP contribution in [0.15, 0.2) is 22.7 Å². The van der Waals surface area contributed by atoms with Crippen LogP contribution in [0.25, 0.3) is 0 Å². The average Bonchev–Trinajstić information content (AvgIpc) is 2.44. The minimum absolute atomic E-state index is 0.143. The minimum atomic E-state index is -0.702. The van der Waals surface area contributed by atoms with Gasteiger partial charge in [-0.1, -0.05) is 54.1 Å². The Balaban J connectivity index is 2.18. The Morgan fingerprint density at radius 1 is 1.24 bits per heavy atom. The van der Waals surface area contributed by atoms with Crippen LogP contribution in [-0.2, 0) is 0 Å². The second-order valence-corrected chi connectivity index (χ2v) is 6.79. The monoisotopic (exact) mass is 348 g/mol. The van der Waals surface area contributed by atoms with E-state index in [1.807, 2.05) is 25.1 Å². The van der Waals surface area contributed by atoms with E-state index in [4.69, 9.17) is 0 Å². The number of amides is 1. The lowest BCUT2D eigenvalue weighted by Crippen LogP contribution is -2.47. The maximum absolute atomic E-state index is 12.6. The van der Waals surface area contributed by atoms with Gasteiger partial charge in [-0.2, -0.15) is 5.26 Å². The molecule has 1 aliphatic rings. The van der Waals surface area contributed by atoms with Gasteiger partial charge in [0.05, 0.1) is 6.07 Å². The number of carbonyl (C=O) groups excluding carboxylic acids is 1. The van der Waals surface area contributed by atoms with E-state index in [1.165, 1.54) is 6.42 Å². The molecule has 3 nitrogen and oxygen atoms in total. The number of halogens is 1. The van der Waals surface area contributed by atoms with E-state index in [0.717, 1.165) is 48.6 Å². The van der Waals surface area contributed by atoms with Crippen LogP contribution in [0, 0.1) is 18.3 Å². The summed E-state index contributed by atoms with van der Waals surface area (Å²) in [6.45, 7) is 1.92. The number of aryl methyl sites for hydroxylation is 1. The van der Waals surface area contributed by atoms with E-state index in [9.17, 15) is 10.1 Å². The maximum Gasteiger partial charge on any atom is 0.252 e. The molecule has 0 heterocycles. The summed E-state index contributed by atoms with van der Waals surface area (Å²) in [5.74, 6) is -0.143. The highest BCUT2D eigenvalue weighted by molar-refractivity contribution is 9.10. The van der Waals surface area contributed by atoms with Gasteiger partial charge < -0.3 is 5.32 Å². The molecule has 4 heteroatoms. The van der Waals surface area contributed by atoms with Crippen LogP contribution < -0.4 is 5.32 Å². The number of nitriles is 1. The maximum atomic E-state index is 12.6. The first-order valence-corrected chi connectivity index (χ1v) is 8.35. The summed E-state index contributed by atoms with van der Waals surface area (Å²) in [6.07, 6.45) is 7.05. The Morgan fingerprint density at radius 2 is 1.86 bits per heavy atom. The zero-order valence-corrected chi connectivity index (χ0v) is 14.0. The molecule has 1 N–H and O–H groups in total. The third-order valence-electron chi connectivity index (χ3n) is 4.22. The van der Waals surface area contributed by atoms with E-state index in [2.05, 4.69) is 27.3 Å². The first-order valence-electron chi connectivity index (χ1n) is 7.56. The van der Waals surface area contributed by atoms with Crippen molar-refractivity contribution >= 4 is 21.8 Å². The Kier molecular flexibility index (Phi) is 5.41. The van der Waals surface area contributed by atoms with Gasteiger partial charge in [0.2, 0.25) is 0 Å². The first kappa shape index (κ1) is 16.0. The van der Waals surface area contributed by atoms with E-state index in [0.29, 0.717) is 5.56 Å². The fraction of sp³-hybridized carbons (Fsp3) is 0.529. The van der Waals surface area contributed by atoms with Gasteiger partial charge in [0.15, 0.2) is 0 Å². The summed E-state index contributed by atoms with van der Waals surface area (Å²) in [5.41, 5.74) is 0.863. The molecule has 1 aliphatic carbocycles. The van der Waals surface area contributed by atoms with Gasteiger partial charge in [0.25, 0.3) is 5.91 Å². The van der Waals surface area contributed by atoms with E-state index in [1.54, 1.807) is 0 Å². The fourth-order valence-corrected chi connectivity index (χ4v) is 3.26. The molecule has 1 saturated carbocycles. The number of benzene rings is 1. The molecule has 1 amide bonds. The van der Waals surface area contributed by atoms with Crippen molar-refractivity contribution in [2.75, 3.05) is 0 Å². The van der Waals surface area contributed by atoms with Crippen LogP contribution in [0.4, 0.5) is 0 Å². The van der Waals surface area contributed by atoms with Crippen molar-refractivity contribution in [1.29, 1.82) is 5.26 Å². The molecule has 0 aromatic heterocycles. The second kappa shape index (κ2) is 7.09. The van der Waals surface area contributed by atoms with Crippen LogP contribution >= 0.6 is 15.9 Å². The Morgan fingerprint density at radius 3 is 2.48 bits per heavy atom. The number of rotatable bonds is 2. The first-order chi connectivity index (χ1) is 10.1. The molecule has 0 aliphatic heterocycles. The molecular weight excluding hydrogens is 328 g/mol. The summed E-state index contributed by atoms with van der Waals surface area (Å²) in [4.78, 5) is 12.6. The van der Waals surface area contributed by atoms with Crippen molar-refractivity contribution in [2.45, 2.75) is 57.4 Å². The smallest absolute Gasteiger partial charge is 0.252 e. The molecule has 0 unspecified atom stereocenters. The largest absolute Gasteiger partial charge is 0.334 e. The van der Waals surface area contributed by atoms with E-state index >= 15 is 0 Å². The van der Waals surface area contributed by atoms with Crippen molar-refractivity contribution in [1.82, 2.24) is 5.32 Å². The Labute approximate surface area is 134 Å². The number of hydrogen-bond acceptors (Lipinski definition) is 2. The topological polar surface area (TPSA) is 52.9 Å². The molecule has 1 fully saturated rings. The van der Waals surface area contributed by atoms with Crippen molar-refractivity contribution in [3.8, 4) is 6.07 Å². The van der Waals surface area contributed by atoms with Crippen molar-refractivity contribution in [3.63, 3.8) is 0 Å². The molecule has 0 saturated heterocycles. The zero-order chi connectivity index (χ0) is 15.3. The molecule has 0 bridgehead atoms. The highest BCUT2D eigenvalue weighted by Crippen LogP contribution is 2.27. The highest BCUT2D eigenvalue weighted by Gasteiger charge is 2.32. The lowest BCUT2D eigenvalue weighted by Gasteiger charge is -2.30. The van der Waals surface area contributed by atoms with Crippen molar-refractivity contribution < 1.29 is 4.79 Å². The normalized spacial score (nSPS) is 18.1. The second-order valence-electron chi connectivity index (χ2n) is 5.88. The molecule has 0 spiro atoms. The van der Waals surface area contributed by atoms with Crippen molar-refractivity contribution in [2.24, 2.45) is 0 Å². The van der Waals surface area contributed by atoms with Crippen LogP contribution in [0.3, 0.4) is 0 Å². The van der Waals surface area contributed by atoms with Crippen LogP contribution in [-0.4, -0.2) is 11.4 Å². The van der Waals surface area contributed by atoms with Crippen molar-refractivity contribution in [3.05, 3.63) is 33.8 Å². The highest BCUT2D eigenvalue weighted by atomic mass is 79.9. The number of carbonyl (C=O) groups is 1. The third kappa shape index (κ3) is 4.07. The lowest BCUT2D eigenvalue weighted by molar-refractivity contribution is 0.0907. The van der Waals surface area contributed by atoms with Crippen LogP contribution in [0.5, 0.6) is 0 Å². The zero-order valence-electron chi connectivity index (χ0n) is 12.4. The van der Waals surface area contributed by atoms with Gasteiger partial charge in [-0.05, 0) is 37.5 Å². The van der Waals surface area contributed by atoms with E-state index < -0.39 is 5.54 Å². The van der Waals surface area contributed by atoms with E-state index in [-0.39, 0.29) is 5.91 Å². The van der Waals surface area contributed by atoms with Gasteiger partial charge >= 0.3 is 0 Å². The molecule has 1 aromatic rings. The molecule has 0 atom stereocenters. The lowest BCUT2D eigenvalue weighted by atomic mass is 9.84. The van der Waals surface area contributed by atoms with Crippen LogP contribution in [0.1, 0.15) is 60.9 Å². The third-order valence-corrected chi connectivity index (χ3v) is 4.71. The predicted molar refractivity (Wildman–Crippen MR) is 87.0 cm³/mol. The summed E-state index contributed by atoms with van der Waals surface area (Å²) in [5, 5.41) is 12.6. The van der Waals surface area contributed by atoms with Gasteiger partial charge in [0.1, 0.15) is 5.54 Å². The van der Waals surface area contributed by atoms with Gasteiger partial charge in [-0.15, -0.1) is 0 Å². The Bertz CT molecular complexity index is 554. The molecule has 0 radical (unpaired) electrons. The van der Waals surface area contributed by atoms with Gasteiger partial charge in [0, 0.05) is 10.0 Å². The quantitative estimate of drug-likeness (QED) is 0.855. The molecular formula is C17H21BrN2O. The summed E-state index contributed by atoms with van der Waals surface area (Å²) in [7, 11) is 0. The molecule has 112 valence electrons. The number of nitrogens with zero attached hydrogens (tertiary/aromatic N) is 1. The van der Waals surface area contributed by atoms with Gasteiger partial charge in [-0.25, -0.2) is 0 Å². The van der Waals surface area contributed by atoms with Crippen LogP contribution in [0.2, 0.25) is 0 Å². The minimum Gasteiger partial charge on any atom is -0.334 e. The summed E-state index contributed by atoms with van der Waals surface area (Å²) in [6, 6.07) is 8.03. The summed E-state index contributed by atoms with van der Waals surface area (Å²) >= 11 is 3.40. The average molecular weight is 349 g/mol. The summed E-state index contributed by atoms with van der Waals surface area (Å²) < 4.78 is 0.877. The molecule has 21 heavy (non-hydrogen) atoms. The SMILES string of the molecule is Cc1ccc(Br)cc1C(=O)NC1(C#N)CCCCCCC1. The molecule has 2 rings (SSSR count). The predicted octanol–water partition coefficient (Wildman–Crippen LogP) is 4.49. The standard InChI is InChI=1S/C17H21BrN2O/c1-13-7-8-14(18)11-15(13)16(21)20-17(12-19)9-5-3-2-4-6-10-17/h7-8,11H,2-6,9-10H2,1H3,(H,20,21). The molecule has 1 aromatic carbocycles.